The lowest BCUT2D eigenvalue weighted by atomic mass is 10.1. The van der Waals surface area contributed by atoms with Gasteiger partial charge in [-0.1, -0.05) is 30.0 Å². The lowest BCUT2D eigenvalue weighted by Gasteiger charge is -2.10. The van der Waals surface area contributed by atoms with Crippen LogP contribution < -0.4 is 11.0 Å². The number of nitrogens with one attached hydrogen (secondary N) is 2. The molecule has 20 heavy (non-hydrogen) atoms. The van der Waals surface area contributed by atoms with E-state index >= 15 is 0 Å². The number of anilines is 1. The highest BCUT2D eigenvalue weighted by molar-refractivity contribution is 7.99. The van der Waals surface area contributed by atoms with E-state index in [1.807, 2.05) is 32.0 Å². The van der Waals surface area contributed by atoms with Crippen molar-refractivity contribution in [2.45, 2.75) is 18.9 Å². The van der Waals surface area contributed by atoms with Gasteiger partial charge in [-0.05, 0) is 25.0 Å². The molecule has 0 aliphatic carbocycles. The molecule has 0 saturated heterocycles. The molecule has 0 bridgehead atoms. The highest BCUT2D eigenvalue weighted by atomic mass is 32.2. The van der Waals surface area contributed by atoms with Gasteiger partial charge in [0, 0.05) is 5.69 Å². The van der Waals surface area contributed by atoms with Crippen molar-refractivity contribution in [1.82, 2.24) is 15.2 Å². The first-order valence-electron chi connectivity index (χ1n) is 5.97. The summed E-state index contributed by atoms with van der Waals surface area (Å²) in [6, 6.07) is 5.83. The van der Waals surface area contributed by atoms with E-state index in [4.69, 9.17) is 0 Å². The number of hydrogen-bond donors (Lipinski definition) is 2. The van der Waals surface area contributed by atoms with Gasteiger partial charge in [0.05, 0.1) is 11.9 Å². The molecule has 7 heteroatoms. The second-order valence-corrected chi connectivity index (χ2v) is 5.22. The molecule has 2 rings (SSSR count). The fourth-order valence-corrected chi connectivity index (χ4v) is 2.32. The third-order valence-electron chi connectivity index (χ3n) is 2.64. The number of aryl methyl sites for hydroxylation is 2. The van der Waals surface area contributed by atoms with Crippen molar-refractivity contribution in [3.05, 3.63) is 46.0 Å². The molecule has 104 valence electrons. The highest BCUT2D eigenvalue weighted by Crippen LogP contribution is 2.20. The minimum absolute atomic E-state index is 0.144. The largest absolute Gasteiger partial charge is 0.362 e. The summed E-state index contributed by atoms with van der Waals surface area (Å²) >= 11 is 1.17. The highest BCUT2D eigenvalue weighted by Gasteiger charge is 2.08. The lowest BCUT2D eigenvalue weighted by Crippen LogP contribution is -2.17. The second kappa shape index (κ2) is 6.33. The first-order chi connectivity index (χ1) is 9.56. The van der Waals surface area contributed by atoms with Crippen LogP contribution in [0.25, 0.3) is 0 Å². The van der Waals surface area contributed by atoms with Gasteiger partial charge in [0.1, 0.15) is 5.03 Å². The van der Waals surface area contributed by atoms with Crippen LogP contribution in [0.5, 0.6) is 0 Å². The van der Waals surface area contributed by atoms with Gasteiger partial charge in [-0.25, -0.2) is 9.89 Å². The second-order valence-electron chi connectivity index (χ2n) is 4.23. The number of para-hydroxylation sites is 1. The SMILES string of the molecule is Cc1cccc(C)c1NC(=O)CSc1cn[nH]c(=O)n1. The molecule has 0 unspecified atom stereocenters. The summed E-state index contributed by atoms with van der Waals surface area (Å²) in [5.41, 5.74) is 2.33. The number of hydrogen-bond acceptors (Lipinski definition) is 5. The number of amides is 1. The Morgan fingerprint density at radius 2 is 2.05 bits per heavy atom. The van der Waals surface area contributed by atoms with E-state index in [2.05, 4.69) is 20.5 Å². The summed E-state index contributed by atoms with van der Waals surface area (Å²) in [6.07, 6.45) is 1.42. The van der Waals surface area contributed by atoms with Crippen LogP contribution in [0.1, 0.15) is 11.1 Å². The number of aromatic nitrogens is 3. The zero-order chi connectivity index (χ0) is 14.5. The first kappa shape index (κ1) is 14.3. The lowest BCUT2D eigenvalue weighted by molar-refractivity contribution is -0.113. The molecule has 0 saturated carbocycles. The summed E-state index contributed by atoms with van der Waals surface area (Å²) in [6.45, 7) is 3.88. The number of H-pyrrole nitrogens is 1. The van der Waals surface area contributed by atoms with Gasteiger partial charge in [0.2, 0.25) is 5.91 Å². The Bertz CT molecular complexity index is 664. The Hall–Kier alpha value is -2.15. The fourth-order valence-electron chi connectivity index (χ4n) is 1.69. The van der Waals surface area contributed by atoms with E-state index in [1.54, 1.807) is 0 Å². The fraction of sp³-hybridized carbons (Fsp3) is 0.231. The first-order valence-corrected chi connectivity index (χ1v) is 6.95. The predicted octanol–water partition coefficient (Wildman–Crippen LogP) is 1.51. The molecule has 0 aliphatic heterocycles. The third-order valence-corrected chi connectivity index (χ3v) is 3.54. The van der Waals surface area contributed by atoms with E-state index in [-0.39, 0.29) is 11.7 Å². The molecule has 0 fully saturated rings. The minimum Gasteiger partial charge on any atom is -0.325 e. The van der Waals surface area contributed by atoms with Crippen LogP contribution in [0.2, 0.25) is 0 Å². The summed E-state index contributed by atoms with van der Waals surface area (Å²) in [5, 5.41) is 9.10. The van der Waals surface area contributed by atoms with Crippen molar-refractivity contribution in [2.24, 2.45) is 0 Å². The van der Waals surface area contributed by atoms with Crippen molar-refractivity contribution >= 4 is 23.4 Å². The van der Waals surface area contributed by atoms with Gasteiger partial charge in [-0.2, -0.15) is 10.1 Å². The summed E-state index contributed by atoms with van der Waals surface area (Å²) < 4.78 is 0. The standard InChI is InChI=1S/C13H14N4O2S/c1-8-4-3-5-9(2)12(8)15-10(18)7-20-11-6-14-17-13(19)16-11/h3-6H,7H2,1-2H3,(H,15,18)(H,16,17,19). The van der Waals surface area contributed by atoms with Gasteiger partial charge < -0.3 is 5.32 Å². The van der Waals surface area contributed by atoms with Gasteiger partial charge in [0.15, 0.2) is 0 Å². The van der Waals surface area contributed by atoms with Crippen molar-refractivity contribution in [3.63, 3.8) is 0 Å². The number of thioether (sulfide) groups is 1. The Morgan fingerprint density at radius 3 is 2.70 bits per heavy atom. The molecular weight excluding hydrogens is 276 g/mol. The van der Waals surface area contributed by atoms with Crippen LogP contribution >= 0.6 is 11.8 Å². The van der Waals surface area contributed by atoms with Crippen LogP contribution in [0.4, 0.5) is 5.69 Å². The number of carbonyl (C=O) groups is 1. The third kappa shape index (κ3) is 3.67. The quantitative estimate of drug-likeness (QED) is 0.833. The van der Waals surface area contributed by atoms with Gasteiger partial charge >= 0.3 is 5.69 Å². The Kier molecular flexibility index (Phi) is 4.52. The van der Waals surface area contributed by atoms with Gasteiger partial charge in [-0.15, -0.1) is 0 Å². The van der Waals surface area contributed by atoms with Crippen molar-refractivity contribution < 1.29 is 4.79 Å². The van der Waals surface area contributed by atoms with Crippen LogP contribution in [-0.4, -0.2) is 26.8 Å². The van der Waals surface area contributed by atoms with E-state index < -0.39 is 5.69 Å². The number of aromatic amines is 1. The van der Waals surface area contributed by atoms with Gasteiger partial charge in [-0.3, -0.25) is 4.79 Å². The van der Waals surface area contributed by atoms with E-state index in [1.165, 1.54) is 18.0 Å². The molecule has 0 atom stereocenters. The zero-order valence-corrected chi connectivity index (χ0v) is 12.0. The molecule has 1 amide bonds. The van der Waals surface area contributed by atoms with Crippen molar-refractivity contribution in [3.8, 4) is 0 Å². The zero-order valence-electron chi connectivity index (χ0n) is 11.1. The maximum absolute atomic E-state index is 11.9. The van der Waals surface area contributed by atoms with Gasteiger partial charge in [0.25, 0.3) is 0 Å². The minimum atomic E-state index is -0.523. The van der Waals surface area contributed by atoms with Crippen LogP contribution in [0.3, 0.4) is 0 Å². The number of benzene rings is 1. The Balaban J connectivity index is 1.98. The maximum atomic E-state index is 11.9. The molecule has 6 nitrogen and oxygen atoms in total. The van der Waals surface area contributed by atoms with Crippen LogP contribution in [0.15, 0.2) is 34.2 Å². The molecular formula is C13H14N4O2S. The Labute approximate surface area is 120 Å². The monoisotopic (exact) mass is 290 g/mol. The number of carbonyl (C=O) groups excluding carboxylic acids is 1. The van der Waals surface area contributed by atoms with Crippen LogP contribution in [0, 0.1) is 13.8 Å². The van der Waals surface area contributed by atoms with Crippen molar-refractivity contribution in [1.29, 1.82) is 0 Å². The van der Waals surface area contributed by atoms with E-state index in [0.717, 1.165) is 16.8 Å². The number of rotatable bonds is 4. The van der Waals surface area contributed by atoms with Crippen LogP contribution in [-0.2, 0) is 4.79 Å². The average molecular weight is 290 g/mol. The molecule has 2 N–H and O–H groups in total. The molecule has 2 aromatic rings. The van der Waals surface area contributed by atoms with Crippen molar-refractivity contribution in [2.75, 3.05) is 11.1 Å². The average Bonchev–Trinajstić information content (AvgIpc) is 2.41. The Morgan fingerprint density at radius 1 is 1.35 bits per heavy atom. The normalized spacial score (nSPS) is 10.3. The molecule has 0 aliphatic rings. The molecule has 1 aromatic heterocycles. The summed E-state index contributed by atoms with van der Waals surface area (Å²) in [7, 11) is 0. The van der Waals surface area contributed by atoms with E-state index in [0.29, 0.717) is 5.03 Å². The maximum Gasteiger partial charge on any atom is 0.362 e. The van der Waals surface area contributed by atoms with E-state index in [9.17, 15) is 9.59 Å². The molecule has 0 spiro atoms. The molecule has 1 heterocycles. The topological polar surface area (TPSA) is 87.7 Å². The molecule has 0 radical (unpaired) electrons. The molecule has 1 aromatic carbocycles. The summed E-state index contributed by atoms with van der Waals surface area (Å²) in [4.78, 5) is 26.6. The smallest absolute Gasteiger partial charge is 0.325 e. The summed E-state index contributed by atoms with van der Waals surface area (Å²) in [5.74, 6) is 0.0285. The number of nitrogens with zero attached hydrogens (tertiary/aromatic N) is 2. The predicted molar refractivity (Wildman–Crippen MR) is 77.9 cm³/mol.